The summed E-state index contributed by atoms with van der Waals surface area (Å²) in [5.41, 5.74) is -0.769. The molecule has 10 nitrogen and oxygen atoms in total. The van der Waals surface area contributed by atoms with Gasteiger partial charge in [0.25, 0.3) is 23.2 Å². The summed E-state index contributed by atoms with van der Waals surface area (Å²) >= 11 is 0. The highest BCUT2D eigenvalue weighted by atomic mass is 16.6. The first-order valence-corrected chi connectivity index (χ1v) is 10.6. The van der Waals surface area contributed by atoms with Crippen LogP contribution in [0.4, 0.5) is 22.7 Å². The van der Waals surface area contributed by atoms with Gasteiger partial charge in [-0.2, -0.15) is 0 Å². The summed E-state index contributed by atoms with van der Waals surface area (Å²) in [6, 6.07) is 23.7. The molecule has 2 amide bonds. The number of nitro benzene ring substituents is 2. The molecule has 178 valence electrons. The second kappa shape index (κ2) is 10.3. The lowest BCUT2D eigenvalue weighted by atomic mass is 10.0. The van der Waals surface area contributed by atoms with Crippen molar-refractivity contribution in [2.45, 2.75) is 0 Å². The van der Waals surface area contributed by atoms with Crippen LogP contribution in [-0.2, 0) is 9.59 Å². The molecule has 0 heterocycles. The number of nitro groups is 2. The van der Waals surface area contributed by atoms with Crippen molar-refractivity contribution in [2.75, 3.05) is 10.6 Å². The molecule has 0 aliphatic carbocycles. The molecule has 0 saturated heterocycles. The second-order valence-electron chi connectivity index (χ2n) is 7.58. The van der Waals surface area contributed by atoms with Gasteiger partial charge < -0.3 is 10.6 Å². The maximum absolute atomic E-state index is 13.3. The van der Waals surface area contributed by atoms with Crippen LogP contribution in [0.2, 0.25) is 0 Å². The minimum absolute atomic E-state index is 0.102. The number of amides is 2. The topological polar surface area (TPSA) is 144 Å². The third-order valence-corrected chi connectivity index (χ3v) is 5.31. The van der Waals surface area contributed by atoms with Gasteiger partial charge in [-0.3, -0.25) is 29.8 Å². The fourth-order valence-corrected chi connectivity index (χ4v) is 3.62. The number of fused-ring (bicyclic) bond motifs is 1. The van der Waals surface area contributed by atoms with Gasteiger partial charge in [-0.15, -0.1) is 0 Å². The van der Waals surface area contributed by atoms with Gasteiger partial charge in [0.2, 0.25) is 0 Å². The summed E-state index contributed by atoms with van der Waals surface area (Å²) in [7, 11) is 0. The number of hydrogen-bond donors (Lipinski definition) is 2. The van der Waals surface area contributed by atoms with Gasteiger partial charge in [0, 0.05) is 12.1 Å². The Kier molecular flexibility index (Phi) is 6.78. The smallest absolute Gasteiger partial charge is 0.292 e. The van der Waals surface area contributed by atoms with E-state index >= 15 is 0 Å². The summed E-state index contributed by atoms with van der Waals surface area (Å²) in [5, 5.41) is 29.2. The lowest BCUT2D eigenvalue weighted by Gasteiger charge is -2.11. The average Bonchev–Trinajstić information content (AvgIpc) is 2.87. The minimum Gasteiger partial charge on any atom is -0.316 e. The summed E-state index contributed by atoms with van der Waals surface area (Å²) in [4.78, 5) is 48.0. The fourth-order valence-electron chi connectivity index (χ4n) is 3.62. The Morgan fingerprint density at radius 3 is 1.67 bits per heavy atom. The molecule has 0 aromatic heterocycles. The lowest BCUT2D eigenvalue weighted by molar-refractivity contribution is -0.384. The van der Waals surface area contributed by atoms with Crippen molar-refractivity contribution in [3.8, 4) is 0 Å². The van der Waals surface area contributed by atoms with Crippen LogP contribution in [0.15, 0.2) is 96.6 Å². The molecule has 0 unspecified atom stereocenters. The zero-order chi connectivity index (χ0) is 25.7. The van der Waals surface area contributed by atoms with Gasteiger partial charge in [-0.1, -0.05) is 66.7 Å². The van der Waals surface area contributed by atoms with E-state index in [1.165, 1.54) is 54.6 Å². The quantitative estimate of drug-likeness (QED) is 0.120. The first kappa shape index (κ1) is 23.8. The number of hydrogen-bond acceptors (Lipinski definition) is 6. The zero-order valence-corrected chi connectivity index (χ0v) is 18.6. The van der Waals surface area contributed by atoms with Crippen molar-refractivity contribution < 1.29 is 19.4 Å². The van der Waals surface area contributed by atoms with Gasteiger partial charge in [-0.25, -0.2) is 0 Å². The Balaban J connectivity index is 1.78. The van der Waals surface area contributed by atoms with Crippen LogP contribution in [0, 0.1) is 20.2 Å². The van der Waals surface area contributed by atoms with Crippen LogP contribution < -0.4 is 10.6 Å². The molecule has 36 heavy (non-hydrogen) atoms. The molecule has 0 spiro atoms. The molecule has 0 aliphatic rings. The number of benzene rings is 4. The van der Waals surface area contributed by atoms with E-state index in [4.69, 9.17) is 0 Å². The fraction of sp³-hybridized carbons (Fsp3) is 0. The van der Waals surface area contributed by atoms with Crippen LogP contribution >= 0.6 is 0 Å². The highest BCUT2D eigenvalue weighted by Crippen LogP contribution is 2.27. The van der Waals surface area contributed by atoms with Crippen LogP contribution in [0.25, 0.3) is 16.8 Å². The molecule has 4 rings (SSSR count). The van der Waals surface area contributed by atoms with E-state index in [0.29, 0.717) is 5.56 Å². The number of carbonyl (C=O) groups is 2. The van der Waals surface area contributed by atoms with Gasteiger partial charge in [0.05, 0.1) is 9.85 Å². The molecular weight excluding hydrogens is 464 g/mol. The molecule has 0 aliphatic heterocycles. The molecule has 0 bridgehead atoms. The SMILES string of the molecule is O=C(Nc1ccccc1[N+](=O)[O-])C(=Cc1cccc2ccccc12)C(=O)Nc1ccccc1[N+](=O)[O-]. The van der Waals surface area contributed by atoms with Crippen LogP contribution in [0.5, 0.6) is 0 Å². The van der Waals surface area contributed by atoms with Crippen molar-refractivity contribution in [2.24, 2.45) is 0 Å². The third kappa shape index (κ3) is 5.07. The van der Waals surface area contributed by atoms with Gasteiger partial charge in [-0.05, 0) is 34.5 Å². The molecule has 0 radical (unpaired) electrons. The highest BCUT2D eigenvalue weighted by molar-refractivity contribution is 6.29. The van der Waals surface area contributed by atoms with E-state index < -0.39 is 27.2 Å². The van der Waals surface area contributed by atoms with Crippen LogP contribution in [0.1, 0.15) is 5.56 Å². The van der Waals surface area contributed by atoms with E-state index in [1.807, 2.05) is 24.3 Å². The number of rotatable bonds is 7. The Labute approximate surface area is 204 Å². The van der Waals surface area contributed by atoms with E-state index in [0.717, 1.165) is 10.8 Å². The van der Waals surface area contributed by atoms with E-state index in [9.17, 15) is 29.8 Å². The standard InChI is InChI=1S/C26H18N4O6/c31-25(27-21-12-3-5-14-23(21)29(33)34)20(16-18-10-7-9-17-8-1-2-11-19(17)18)26(32)28-22-13-4-6-15-24(22)30(35)36/h1-16H,(H,27,31)(H,28,32). The predicted molar refractivity (Wildman–Crippen MR) is 135 cm³/mol. The Bertz CT molecular complexity index is 1470. The lowest BCUT2D eigenvalue weighted by Crippen LogP contribution is -2.26. The molecule has 4 aromatic carbocycles. The first-order valence-electron chi connectivity index (χ1n) is 10.6. The van der Waals surface area contributed by atoms with Crippen LogP contribution in [-0.4, -0.2) is 21.7 Å². The van der Waals surface area contributed by atoms with Crippen molar-refractivity contribution in [3.63, 3.8) is 0 Å². The largest absolute Gasteiger partial charge is 0.316 e. The van der Waals surface area contributed by atoms with E-state index in [2.05, 4.69) is 10.6 Å². The third-order valence-electron chi connectivity index (χ3n) is 5.31. The molecule has 0 atom stereocenters. The summed E-state index contributed by atoms with van der Waals surface area (Å²) in [6.45, 7) is 0. The number of para-hydroxylation sites is 4. The molecule has 0 saturated carbocycles. The Hall–Kier alpha value is -5.38. The van der Waals surface area contributed by atoms with E-state index in [-0.39, 0.29) is 22.7 Å². The molecular formula is C26H18N4O6. The summed E-state index contributed by atoms with van der Waals surface area (Å²) in [5.74, 6) is -1.85. The molecule has 2 N–H and O–H groups in total. The number of carbonyl (C=O) groups excluding carboxylic acids is 2. The summed E-state index contributed by atoms with van der Waals surface area (Å²) < 4.78 is 0. The number of anilines is 2. The average molecular weight is 482 g/mol. The van der Waals surface area contributed by atoms with Gasteiger partial charge >= 0.3 is 0 Å². The van der Waals surface area contributed by atoms with Crippen molar-refractivity contribution in [1.29, 1.82) is 0 Å². The van der Waals surface area contributed by atoms with Crippen molar-refractivity contribution >= 4 is 51.4 Å². The maximum atomic E-state index is 13.3. The first-order chi connectivity index (χ1) is 17.3. The Morgan fingerprint density at radius 1 is 0.639 bits per heavy atom. The second-order valence-corrected chi connectivity index (χ2v) is 7.58. The maximum Gasteiger partial charge on any atom is 0.292 e. The normalized spacial score (nSPS) is 10.3. The summed E-state index contributed by atoms with van der Waals surface area (Å²) in [6.07, 6.45) is 1.34. The number of nitrogens with one attached hydrogen (secondary N) is 2. The zero-order valence-electron chi connectivity index (χ0n) is 18.6. The Morgan fingerprint density at radius 2 is 1.11 bits per heavy atom. The predicted octanol–water partition coefficient (Wildman–Crippen LogP) is 5.32. The molecule has 0 fully saturated rings. The highest BCUT2D eigenvalue weighted by Gasteiger charge is 2.24. The molecule has 4 aromatic rings. The van der Waals surface area contributed by atoms with Gasteiger partial charge in [0.15, 0.2) is 0 Å². The van der Waals surface area contributed by atoms with Crippen LogP contribution in [0.3, 0.4) is 0 Å². The van der Waals surface area contributed by atoms with Crippen molar-refractivity contribution in [3.05, 3.63) is 122 Å². The van der Waals surface area contributed by atoms with Crippen molar-refractivity contribution in [1.82, 2.24) is 0 Å². The monoisotopic (exact) mass is 482 g/mol. The number of nitrogens with zero attached hydrogens (tertiary/aromatic N) is 2. The van der Waals surface area contributed by atoms with E-state index in [1.54, 1.807) is 18.2 Å². The minimum atomic E-state index is -0.923. The molecule has 10 heteroatoms. The van der Waals surface area contributed by atoms with Gasteiger partial charge in [0.1, 0.15) is 16.9 Å².